The van der Waals surface area contributed by atoms with Gasteiger partial charge < -0.3 is 20.0 Å². The van der Waals surface area contributed by atoms with Gasteiger partial charge in [0.15, 0.2) is 0 Å². The number of carboxylic acids is 2. The van der Waals surface area contributed by atoms with Gasteiger partial charge in [-0.05, 0) is 58.5 Å². The Morgan fingerprint density at radius 3 is 1.78 bits per heavy atom. The quantitative estimate of drug-likeness (QED) is 0.557. The minimum Gasteiger partial charge on any atom is -0.475 e. The van der Waals surface area contributed by atoms with E-state index in [4.69, 9.17) is 19.8 Å². The van der Waals surface area contributed by atoms with Crippen LogP contribution in [0.4, 0.5) is 26.3 Å². The molecule has 2 fully saturated rings. The SMILES string of the molecule is CN(C)CCN1CCCC12CCN(C(=O)c1ccncc1)CC2.O=C(O)C(F)(F)F.O=C(O)C(F)(F)F. The summed E-state index contributed by atoms with van der Waals surface area (Å²) < 4.78 is 63.5. The third-order valence-corrected chi connectivity index (χ3v) is 5.95. The summed E-state index contributed by atoms with van der Waals surface area (Å²) in [6.07, 6.45) is -1.98. The number of nitrogens with zero attached hydrogens (tertiary/aromatic N) is 4. The molecule has 0 saturated carbocycles. The van der Waals surface area contributed by atoms with E-state index in [2.05, 4.69) is 28.9 Å². The topological polar surface area (TPSA) is 114 Å². The third kappa shape index (κ3) is 10.5. The first-order valence-electron chi connectivity index (χ1n) is 11.2. The molecule has 37 heavy (non-hydrogen) atoms. The fourth-order valence-corrected chi connectivity index (χ4v) is 4.03. The van der Waals surface area contributed by atoms with Gasteiger partial charge in [0.25, 0.3) is 5.91 Å². The number of aliphatic carboxylic acids is 2. The Balaban J connectivity index is 0.000000404. The molecule has 3 rings (SSSR count). The second-order valence-corrected chi connectivity index (χ2v) is 8.75. The molecule has 210 valence electrons. The van der Waals surface area contributed by atoms with E-state index in [0.717, 1.165) is 44.6 Å². The summed E-state index contributed by atoms with van der Waals surface area (Å²) in [6.45, 7) is 5.22. The largest absolute Gasteiger partial charge is 0.490 e. The Kier molecular flexibility index (Phi) is 11.8. The van der Waals surface area contributed by atoms with Crippen LogP contribution in [0.1, 0.15) is 36.0 Å². The number of likely N-dealkylation sites (tertiary alicyclic amines) is 2. The fraction of sp³-hybridized carbons (Fsp3) is 0.636. The smallest absolute Gasteiger partial charge is 0.475 e. The van der Waals surface area contributed by atoms with Crippen LogP contribution in [-0.4, -0.2) is 112 Å². The summed E-state index contributed by atoms with van der Waals surface area (Å²) in [7, 11) is 4.28. The van der Waals surface area contributed by atoms with Gasteiger partial charge in [-0.15, -0.1) is 0 Å². The number of piperidine rings is 1. The normalized spacial score (nSPS) is 17.5. The lowest BCUT2D eigenvalue weighted by molar-refractivity contribution is -0.193. The van der Waals surface area contributed by atoms with Crippen LogP contribution in [0.15, 0.2) is 24.5 Å². The molecule has 2 aliphatic rings. The number of likely N-dealkylation sites (N-methyl/N-ethyl adjacent to an activating group) is 1. The van der Waals surface area contributed by atoms with Crippen molar-refractivity contribution in [1.29, 1.82) is 0 Å². The van der Waals surface area contributed by atoms with Crippen molar-refractivity contribution in [3.63, 3.8) is 0 Å². The van der Waals surface area contributed by atoms with Crippen molar-refractivity contribution in [2.75, 3.05) is 46.8 Å². The Morgan fingerprint density at radius 1 is 0.919 bits per heavy atom. The molecule has 2 aliphatic heterocycles. The van der Waals surface area contributed by atoms with E-state index in [0.29, 0.717) is 5.54 Å². The summed E-state index contributed by atoms with van der Waals surface area (Å²) in [5, 5.41) is 14.2. The van der Waals surface area contributed by atoms with Crippen molar-refractivity contribution in [1.82, 2.24) is 19.7 Å². The second-order valence-electron chi connectivity index (χ2n) is 8.75. The number of halogens is 6. The van der Waals surface area contributed by atoms with Crippen LogP contribution in [0.3, 0.4) is 0 Å². The molecule has 3 heterocycles. The zero-order valence-electron chi connectivity index (χ0n) is 20.3. The molecule has 0 aromatic carbocycles. The van der Waals surface area contributed by atoms with Crippen molar-refractivity contribution < 1.29 is 50.9 Å². The predicted molar refractivity (Wildman–Crippen MR) is 119 cm³/mol. The first-order chi connectivity index (χ1) is 17.0. The van der Waals surface area contributed by atoms with E-state index in [9.17, 15) is 31.1 Å². The molecule has 2 saturated heterocycles. The lowest BCUT2D eigenvalue weighted by Crippen LogP contribution is -2.54. The summed E-state index contributed by atoms with van der Waals surface area (Å²) in [6, 6.07) is 3.62. The van der Waals surface area contributed by atoms with Gasteiger partial charge in [-0.2, -0.15) is 26.3 Å². The maximum Gasteiger partial charge on any atom is 0.490 e. The molecule has 15 heteroatoms. The molecule has 1 aromatic heterocycles. The number of aromatic nitrogens is 1. The number of rotatable bonds is 4. The first kappa shape index (κ1) is 32.1. The molecule has 1 aromatic rings. The number of amides is 1. The van der Waals surface area contributed by atoms with Crippen molar-refractivity contribution in [3.8, 4) is 0 Å². The van der Waals surface area contributed by atoms with Crippen LogP contribution in [0.25, 0.3) is 0 Å². The number of carbonyl (C=O) groups excluding carboxylic acids is 1. The van der Waals surface area contributed by atoms with Crippen LogP contribution in [0.5, 0.6) is 0 Å². The number of alkyl halides is 6. The second kappa shape index (κ2) is 13.6. The Morgan fingerprint density at radius 2 is 1.38 bits per heavy atom. The molecule has 0 atom stereocenters. The average Bonchev–Trinajstić information content (AvgIpc) is 3.19. The highest BCUT2D eigenvalue weighted by molar-refractivity contribution is 5.94. The summed E-state index contributed by atoms with van der Waals surface area (Å²) in [5.41, 5.74) is 1.09. The van der Waals surface area contributed by atoms with Crippen molar-refractivity contribution in [3.05, 3.63) is 30.1 Å². The highest BCUT2D eigenvalue weighted by atomic mass is 19.4. The summed E-state index contributed by atoms with van der Waals surface area (Å²) in [4.78, 5) is 41.3. The number of hydrogen-bond donors (Lipinski definition) is 2. The van der Waals surface area contributed by atoms with Gasteiger partial charge in [0.2, 0.25) is 0 Å². The van der Waals surface area contributed by atoms with Gasteiger partial charge in [0.1, 0.15) is 0 Å². The molecule has 0 unspecified atom stereocenters. The standard InChI is InChI=1S/C18H28N4O.2C2HF3O2/c1-20(2)14-15-22-11-3-6-18(22)7-12-21(13-8-18)17(23)16-4-9-19-10-5-16;2*3-2(4,5)1(6)7/h4-5,9-10H,3,6-8,11-15H2,1-2H3;2*(H,6,7). The summed E-state index contributed by atoms with van der Waals surface area (Å²) >= 11 is 0. The van der Waals surface area contributed by atoms with Gasteiger partial charge in [-0.25, -0.2) is 9.59 Å². The Bertz CT molecular complexity index is 864. The fourth-order valence-electron chi connectivity index (χ4n) is 4.03. The first-order valence-corrected chi connectivity index (χ1v) is 11.2. The highest BCUT2D eigenvalue weighted by Gasteiger charge is 2.43. The molecular formula is C22H30F6N4O5. The lowest BCUT2D eigenvalue weighted by Gasteiger charge is -2.45. The monoisotopic (exact) mass is 544 g/mol. The molecule has 0 bridgehead atoms. The van der Waals surface area contributed by atoms with Crippen LogP contribution in [0.2, 0.25) is 0 Å². The van der Waals surface area contributed by atoms with Crippen LogP contribution in [0, 0.1) is 0 Å². The maximum absolute atomic E-state index is 12.6. The number of pyridine rings is 1. The van der Waals surface area contributed by atoms with E-state index in [1.807, 2.05) is 17.0 Å². The van der Waals surface area contributed by atoms with E-state index in [1.165, 1.54) is 19.4 Å². The predicted octanol–water partition coefficient (Wildman–Crippen LogP) is 2.98. The minimum atomic E-state index is -5.08. The molecular weight excluding hydrogens is 514 g/mol. The zero-order valence-corrected chi connectivity index (χ0v) is 20.3. The third-order valence-electron chi connectivity index (χ3n) is 5.95. The van der Waals surface area contributed by atoms with Gasteiger partial charge in [0, 0.05) is 49.7 Å². The molecule has 0 aliphatic carbocycles. The van der Waals surface area contributed by atoms with E-state index in [1.54, 1.807) is 12.4 Å². The lowest BCUT2D eigenvalue weighted by atomic mass is 9.84. The minimum absolute atomic E-state index is 0.153. The van der Waals surface area contributed by atoms with Gasteiger partial charge in [0.05, 0.1) is 0 Å². The van der Waals surface area contributed by atoms with E-state index in [-0.39, 0.29) is 5.91 Å². The maximum atomic E-state index is 12.6. The highest BCUT2D eigenvalue weighted by Crippen LogP contribution is 2.38. The number of carbonyl (C=O) groups is 3. The van der Waals surface area contributed by atoms with Crippen molar-refractivity contribution >= 4 is 17.8 Å². The molecule has 9 nitrogen and oxygen atoms in total. The molecule has 1 spiro atoms. The van der Waals surface area contributed by atoms with Crippen molar-refractivity contribution in [2.24, 2.45) is 0 Å². The Hall–Kier alpha value is -2.94. The van der Waals surface area contributed by atoms with Gasteiger partial charge in [-0.1, -0.05) is 0 Å². The number of carboxylic acid groups (broad SMARTS) is 2. The summed E-state index contributed by atoms with van der Waals surface area (Å²) in [5.74, 6) is -5.36. The molecule has 0 radical (unpaired) electrons. The number of hydrogen-bond acceptors (Lipinski definition) is 6. The van der Waals surface area contributed by atoms with E-state index < -0.39 is 24.3 Å². The van der Waals surface area contributed by atoms with E-state index >= 15 is 0 Å². The molecule has 2 N–H and O–H groups in total. The average molecular weight is 544 g/mol. The van der Waals surface area contributed by atoms with Crippen molar-refractivity contribution in [2.45, 2.75) is 43.6 Å². The van der Waals surface area contributed by atoms with Gasteiger partial charge in [-0.3, -0.25) is 14.7 Å². The van der Waals surface area contributed by atoms with Gasteiger partial charge >= 0.3 is 24.3 Å². The van der Waals surface area contributed by atoms with Crippen LogP contribution < -0.4 is 0 Å². The van der Waals surface area contributed by atoms with Crippen LogP contribution in [-0.2, 0) is 9.59 Å². The molecule has 1 amide bonds. The zero-order chi connectivity index (χ0) is 28.4. The van der Waals surface area contributed by atoms with Crippen LogP contribution >= 0.6 is 0 Å². The Labute approximate surface area is 209 Å².